The highest BCUT2D eigenvalue weighted by molar-refractivity contribution is 5.94. The molecule has 0 aliphatic carbocycles. The summed E-state index contributed by atoms with van der Waals surface area (Å²) in [4.78, 5) is 15.2. The van der Waals surface area contributed by atoms with E-state index in [1.165, 1.54) is 5.56 Å². The molecule has 2 aliphatic heterocycles. The molecule has 0 radical (unpaired) electrons. The quantitative estimate of drug-likeness (QED) is 0.834. The number of rotatable bonds is 3. The maximum absolute atomic E-state index is 13.3. The van der Waals surface area contributed by atoms with Gasteiger partial charge in [0.05, 0.1) is 24.5 Å². The van der Waals surface area contributed by atoms with E-state index in [0.29, 0.717) is 25.4 Å². The van der Waals surface area contributed by atoms with Crippen molar-refractivity contribution in [3.63, 3.8) is 0 Å². The van der Waals surface area contributed by atoms with Gasteiger partial charge in [0.2, 0.25) is 0 Å². The van der Waals surface area contributed by atoms with Crippen LogP contribution in [0.2, 0.25) is 0 Å². The molecule has 0 N–H and O–H groups in total. The van der Waals surface area contributed by atoms with Gasteiger partial charge >= 0.3 is 0 Å². The minimum absolute atomic E-state index is 0.0145. The SMILES string of the molecule is CCOc1ccc2c(c1)CN(C(=O)c1nn(C)c3c1C[C@H](C)O[C@@H]3C)CC2. The van der Waals surface area contributed by atoms with E-state index in [9.17, 15) is 4.79 Å². The minimum atomic E-state index is -0.0429. The third-order valence-electron chi connectivity index (χ3n) is 5.50. The maximum Gasteiger partial charge on any atom is 0.274 e. The van der Waals surface area contributed by atoms with Crippen molar-refractivity contribution in [1.29, 1.82) is 0 Å². The Kier molecular flexibility index (Phi) is 4.68. The van der Waals surface area contributed by atoms with Gasteiger partial charge in [0.1, 0.15) is 5.75 Å². The van der Waals surface area contributed by atoms with Crippen LogP contribution in [0.25, 0.3) is 0 Å². The standard InChI is InChI=1S/C21H27N3O3/c1-5-26-17-7-6-15-8-9-24(12-16(15)11-17)21(25)19-18-10-13(2)27-14(3)20(18)23(4)22-19/h6-7,11,13-14H,5,8-10,12H2,1-4H3/t13-,14+/m0/s1. The molecule has 144 valence electrons. The van der Waals surface area contributed by atoms with Gasteiger partial charge < -0.3 is 14.4 Å². The van der Waals surface area contributed by atoms with Gasteiger partial charge in [0.15, 0.2) is 5.69 Å². The zero-order valence-corrected chi connectivity index (χ0v) is 16.5. The number of ether oxygens (including phenoxy) is 2. The lowest BCUT2D eigenvalue weighted by Gasteiger charge is -2.30. The monoisotopic (exact) mass is 369 g/mol. The smallest absolute Gasteiger partial charge is 0.274 e. The van der Waals surface area contributed by atoms with Gasteiger partial charge in [-0.2, -0.15) is 5.10 Å². The second-order valence-electron chi connectivity index (χ2n) is 7.47. The molecule has 4 rings (SSSR count). The number of nitrogens with zero attached hydrogens (tertiary/aromatic N) is 3. The molecule has 0 bridgehead atoms. The summed E-state index contributed by atoms with van der Waals surface area (Å²) in [6.07, 6.45) is 1.64. The van der Waals surface area contributed by atoms with Gasteiger partial charge in [-0.05, 0) is 50.5 Å². The lowest BCUT2D eigenvalue weighted by Crippen LogP contribution is -2.37. The Bertz CT molecular complexity index is 874. The molecule has 0 unspecified atom stereocenters. The van der Waals surface area contributed by atoms with Gasteiger partial charge in [-0.15, -0.1) is 0 Å². The van der Waals surface area contributed by atoms with Crippen LogP contribution in [-0.4, -0.2) is 39.8 Å². The lowest BCUT2D eigenvalue weighted by molar-refractivity contribution is -0.00907. The first-order valence-electron chi connectivity index (χ1n) is 9.73. The average molecular weight is 369 g/mol. The Balaban J connectivity index is 1.61. The van der Waals surface area contributed by atoms with Crippen LogP contribution in [0.4, 0.5) is 0 Å². The average Bonchev–Trinajstić information content (AvgIpc) is 2.97. The topological polar surface area (TPSA) is 56.6 Å². The van der Waals surface area contributed by atoms with Crippen LogP contribution in [0.3, 0.4) is 0 Å². The molecule has 0 saturated carbocycles. The predicted molar refractivity (Wildman–Crippen MR) is 102 cm³/mol. The van der Waals surface area contributed by atoms with Crippen molar-refractivity contribution in [2.24, 2.45) is 7.05 Å². The first-order chi connectivity index (χ1) is 13.0. The summed E-state index contributed by atoms with van der Waals surface area (Å²) < 4.78 is 13.3. The number of amides is 1. The third kappa shape index (κ3) is 3.23. The summed E-state index contributed by atoms with van der Waals surface area (Å²) in [6.45, 7) is 8.00. The van der Waals surface area contributed by atoms with Crippen LogP contribution in [-0.2, 0) is 31.2 Å². The lowest BCUT2D eigenvalue weighted by atomic mass is 9.97. The van der Waals surface area contributed by atoms with E-state index in [2.05, 4.69) is 17.2 Å². The molecule has 6 heteroatoms. The number of benzene rings is 1. The summed E-state index contributed by atoms with van der Waals surface area (Å²) in [5.41, 5.74) is 5.10. The van der Waals surface area contributed by atoms with E-state index in [1.54, 1.807) is 0 Å². The molecule has 27 heavy (non-hydrogen) atoms. The summed E-state index contributed by atoms with van der Waals surface area (Å²) in [7, 11) is 1.89. The molecule has 1 aromatic carbocycles. The summed E-state index contributed by atoms with van der Waals surface area (Å²) >= 11 is 0. The first-order valence-corrected chi connectivity index (χ1v) is 9.73. The second kappa shape index (κ2) is 7.00. The predicted octanol–water partition coefficient (Wildman–Crippen LogP) is 3.04. The van der Waals surface area contributed by atoms with E-state index in [0.717, 1.165) is 35.4 Å². The van der Waals surface area contributed by atoms with Crippen molar-refractivity contribution >= 4 is 5.91 Å². The highest BCUT2D eigenvalue weighted by atomic mass is 16.5. The maximum atomic E-state index is 13.3. The number of hydrogen-bond donors (Lipinski definition) is 0. The molecule has 0 saturated heterocycles. The fraction of sp³-hybridized carbons (Fsp3) is 0.524. The Hall–Kier alpha value is -2.34. The second-order valence-corrected chi connectivity index (χ2v) is 7.47. The number of fused-ring (bicyclic) bond motifs is 2. The van der Waals surface area contributed by atoms with Crippen LogP contribution < -0.4 is 4.74 Å². The molecule has 6 nitrogen and oxygen atoms in total. The Labute approximate surface area is 160 Å². The zero-order chi connectivity index (χ0) is 19.1. The molecule has 0 spiro atoms. The molecule has 2 aliphatic rings. The van der Waals surface area contributed by atoms with E-state index in [1.807, 2.05) is 43.5 Å². The van der Waals surface area contributed by atoms with Crippen LogP contribution in [0, 0.1) is 0 Å². The highest BCUT2D eigenvalue weighted by Crippen LogP contribution is 2.33. The number of hydrogen-bond acceptors (Lipinski definition) is 4. The molecule has 3 heterocycles. The van der Waals surface area contributed by atoms with Crippen molar-refractivity contribution in [2.75, 3.05) is 13.2 Å². The molecular formula is C21H27N3O3. The van der Waals surface area contributed by atoms with Crippen LogP contribution in [0.15, 0.2) is 18.2 Å². The summed E-state index contributed by atoms with van der Waals surface area (Å²) in [5, 5.41) is 4.58. The Morgan fingerprint density at radius 1 is 1.33 bits per heavy atom. The van der Waals surface area contributed by atoms with Crippen LogP contribution in [0.5, 0.6) is 5.75 Å². The van der Waals surface area contributed by atoms with Crippen LogP contribution >= 0.6 is 0 Å². The van der Waals surface area contributed by atoms with Crippen LogP contribution in [0.1, 0.15) is 59.7 Å². The molecule has 0 fully saturated rings. The number of carbonyl (C=O) groups is 1. The van der Waals surface area contributed by atoms with Gasteiger partial charge in [-0.1, -0.05) is 6.07 Å². The number of carbonyl (C=O) groups excluding carboxylic acids is 1. The van der Waals surface area contributed by atoms with Crippen molar-refractivity contribution in [1.82, 2.24) is 14.7 Å². The molecule has 2 aromatic rings. The molecule has 2 atom stereocenters. The molecular weight excluding hydrogens is 342 g/mol. The van der Waals surface area contributed by atoms with E-state index in [4.69, 9.17) is 9.47 Å². The van der Waals surface area contributed by atoms with Crippen molar-refractivity contribution in [3.05, 3.63) is 46.3 Å². The Morgan fingerprint density at radius 3 is 2.93 bits per heavy atom. The van der Waals surface area contributed by atoms with E-state index in [-0.39, 0.29) is 18.1 Å². The van der Waals surface area contributed by atoms with E-state index < -0.39 is 0 Å². The van der Waals surface area contributed by atoms with Gasteiger partial charge in [0.25, 0.3) is 5.91 Å². The fourth-order valence-corrected chi connectivity index (χ4v) is 4.32. The number of aryl methyl sites for hydroxylation is 1. The van der Waals surface area contributed by atoms with Crippen molar-refractivity contribution in [3.8, 4) is 5.75 Å². The largest absolute Gasteiger partial charge is 0.494 e. The number of aromatic nitrogens is 2. The van der Waals surface area contributed by atoms with E-state index >= 15 is 0 Å². The molecule has 1 aromatic heterocycles. The fourth-order valence-electron chi connectivity index (χ4n) is 4.32. The summed E-state index contributed by atoms with van der Waals surface area (Å²) in [6, 6.07) is 6.19. The molecule has 1 amide bonds. The highest BCUT2D eigenvalue weighted by Gasteiger charge is 2.33. The van der Waals surface area contributed by atoms with Gasteiger partial charge in [-0.25, -0.2) is 0 Å². The van der Waals surface area contributed by atoms with Crippen molar-refractivity contribution < 1.29 is 14.3 Å². The third-order valence-corrected chi connectivity index (χ3v) is 5.50. The first kappa shape index (κ1) is 18.0. The summed E-state index contributed by atoms with van der Waals surface area (Å²) in [5.74, 6) is 0.876. The zero-order valence-electron chi connectivity index (χ0n) is 16.5. The van der Waals surface area contributed by atoms with Crippen molar-refractivity contribution in [2.45, 2.75) is 52.4 Å². The van der Waals surface area contributed by atoms with Gasteiger partial charge in [-0.3, -0.25) is 9.48 Å². The minimum Gasteiger partial charge on any atom is -0.494 e. The Morgan fingerprint density at radius 2 is 2.15 bits per heavy atom. The normalized spacial score (nSPS) is 21.6. The van der Waals surface area contributed by atoms with Gasteiger partial charge in [0, 0.05) is 32.1 Å².